The van der Waals surface area contributed by atoms with Crippen LogP contribution in [0.15, 0.2) is 18.2 Å². The number of ether oxygens (including phenoxy) is 1. The fourth-order valence-electron chi connectivity index (χ4n) is 2.96. The lowest BCUT2D eigenvalue weighted by Gasteiger charge is -2.28. The summed E-state index contributed by atoms with van der Waals surface area (Å²) in [4.78, 5) is 26.6. The SMILES string of the molecule is CCOC(=O)c1nn(C)c2c1CN(C(=O)c1ccc(Cl)cc1Cl)CC2. The van der Waals surface area contributed by atoms with Crippen LogP contribution in [0.5, 0.6) is 0 Å². The first-order valence-electron chi connectivity index (χ1n) is 7.88. The third-order valence-corrected chi connectivity index (χ3v) is 4.71. The van der Waals surface area contributed by atoms with Crippen molar-refractivity contribution in [2.45, 2.75) is 19.9 Å². The van der Waals surface area contributed by atoms with Gasteiger partial charge in [0.1, 0.15) is 0 Å². The van der Waals surface area contributed by atoms with Gasteiger partial charge in [0.2, 0.25) is 0 Å². The Morgan fingerprint density at radius 2 is 2.08 bits per heavy atom. The largest absolute Gasteiger partial charge is 0.461 e. The van der Waals surface area contributed by atoms with Crippen molar-refractivity contribution in [3.8, 4) is 0 Å². The van der Waals surface area contributed by atoms with Crippen LogP contribution in [0.4, 0.5) is 0 Å². The number of benzene rings is 1. The van der Waals surface area contributed by atoms with Gasteiger partial charge in [-0.25, -0.2) is 4.79 Å². The number of aryl methyl sites for hydroxylation is 1. The minimum absolute atomic E-state index is 0.203. The molecule has 0 N–H and O–H groups in total. The van der Waals surface area contributed by atoms with E-state index >= 15 is 0 Å². The summed E-state index contributed by atoms with van der Waals surface area (Å²) < 4.78 is 6.75. The summed E-state index contributed by atoms with van der Waals surface area (Å²) in [6.45, 7) is 2.82. The van der Waals surface area contributed by atoms with E-state index in [9.17, 15) is 9.59 Å². The molecule has 0 aliphatic carbocycles. The Morgan fingerprint density at radius 1 is 1.32 bits per heavy atom. The number of carbonyl (C=O) groups is 2. The van der Waals surface area contributed by atoms with Crippen molar-refractivity contribution in [2.24, 2.45) is 7.05 Å². The molecule has 132 valence electrons. The van der Waals surface area contributed by atoms with Crippen LogP contribution in [0.3, 0.4) is 0 Å². The lowest BCUT2D eigenvalue weighted by molar-refractivity contribution is 0.0513. The van der Waals surface area contributed by atoms with Gasteiger partial charge in [0, 0.05) is 36.3 Å². The first kappa shape index (κ1) is 17.8. The predicted molar refractivity (Wildman–Crippen MR) is 94.1 cm³/mol. The van der Waals surface area contributed by atoms with Gasteiger partial charge in [0.15, 0.2) is 5.69 Å². The van der Waals surface area contributed by atoms with Crippen molar-refractivity contribution in [2.75, 3.05) is 13.2 Å². The Bertz CT molecular complexity index is 848. The molecule has 1 aliphatic heterocycles. The predicted octanol–water partition coefficient (Wildman–Crippen LogP) is 3.10. The number of halogens is 2. The maximum Gasteiger partial charge on any atom is 0.359 e. The van der Waals surface area contributed by atoms with Crippen LogP contribution in [0.2, 0.25) is 10.0 Å². The van der Waals surface area contributed by atoms with Crippen molar-refractivity contribution >= 4 is 35.1 Å². The van der Waals surface area contributed by atoms with Gasteiger partial charge in [-0.15, -0.1) is 0 Å². The van der Waals surface area contributed by atoms with E-state index in [1.165, 1.54) is 0 Å². The molecule has 0 bridgehead atoms. The zero-order chi connectivity index (χ0) is 18.1. The van der Waals surface area contributed by atoms with Crippen LogP contribution in [0.1, 0.15) is 39.0 Å². The van der Waals surface area contributed by atoms with E-state index in [0.29, 0.717) is 28.6 Å². The third-order valence-electron chi connectivity index (χ3n) is 4.16. The van der Waals surface area contributed by atoms with Crippen LogP contribution in [0, 0.1) is 0 Å². The molecule has 1 aliphatic rings. The Morgan fingerprint density at radius 3 is 2.76 bits per heavy atom. The van der Waals surface area contributed by atoms with Crippen molar-refractivity contribution in [3.05, 3.63) is 50.8 Å². The lowest BCUT2D eigenvalue weighted by atomic mass is 10.0. The summed E-state index contributed by atoms with van der Waals surface area (Å²) >= 11 is 12.0. The zero-order valence-electron chi connectivity index (χ0n) is 13.9. The molecule has 0 radical (unpaired) electrons. The molecule has 0 fully saturated rings. The summed E-state index contributed by atoms with van der Waals surface area (Å²) in [5.74, 6) is -0.677. The highest BCUT2D eigenvalue weighted by Gasteiger charge is 2.30. The number of esters is 1. The lowest BCUT2D eigenvalue weighted by Crippen LogP contribution is -2.36. The average molecular weight is 382 g/mol. The number of amides is 1. The van der Waals surface area contributed by atoms with Gasteiger partial charge in [-0.3, -0.25) is 9.48 Å². The summed E-state index contributed by atoms with van der Waals surface area (Å²) in [6.07, 6.45) is 0.606. The monoisotopic (exact) mass is 381 g/mol. The van der Waals surface area contributed by atoms with Crippen LogP contribution in [0.25, 0.3) is 0 Å². The van der Waals surface area contributed by atoms with Crippen LogP contribution in [-0.2, 0) is 24.8 Å². The van der Waals surface area contributed by atoms with E-state index in [4.69, 9.17) is 27.9 Å². The van der Waals surface area contributed by atoms with E-state index < -0.39 is 5.97 Å². The van der Waals surface area contributed by atoms with Crippen LogP contribution >= 0.6 is 23.2 Å². The summed E-state index contributed by atoms with van der Waals surface area (Å²) in [7, 11) is 1.79. The quantitative estimate of drug-likeness (QED) is 0.766. The maximum atomic E-state index is 12.8. The highest BCUT2D eigenvalue weighted by atomic mass is 35.5. The Kier molecular flexibility index (Phi) is 5.01. The third kappa shape index (κ3) is 3.37. The number of carbonyl (C=O) groups excluding carboxylic acids is 2. The van der Waals surface area contributed by atoms with Gasteiger partial charge in [-0.2, -0.15) is 5.10 Å². The molecule has 3 rings (SSSR count). The minimum Gasteiger partial charge on any atom is -0.461 e. The van der Waals surface area contributed by atoms with Gasteiger partial charge in [0.25, 0.3) is 5.91 Å². The zero-order valence-corrected chi connectivity index (χ0v) is 15.4. The number of aromatic nitrogens is 2. The summed E-state index contributed by atoms with van der Waals surface area (Å²) in [5.41, 5.74) is 2.31. The topological polar surface area (TPSA) is 64.4 Å². The maximum absolute atomic E-state index is 12.8. The Labute approximate surface area is 155 Å². The second-order valence-corrected chi connectivity index (χ2v) is 6.56. The smallest absolute Gasteiger partial charge is 0.359 e. The molecule has 0 unspecified atom stereocenters. The second kappa shape index (κ2) is 7.06. The molecule has 2 heterocycles. The molecule has 8 heteroatoms. The van der Waals surface area contributed by atoms with E-state index in [2.05, 4.69) is 5.10 Å². The first-order chi connectivity index (χ1) is 11.9. The van der Waals surface area contributed by atoms with Gasteiger partial charge < -0.3 is 9.64 Å². The molecule has 1 amide bonds. The molecule has 0 saturated carbocycles. The summed E-state index contributed by atoms with van der Waals surface area (Å²) in [5, 5.41) is 5.04. The van der Waals surface area contributed by atoms with Crippen LogP contribution < -0.4 is 0 Å². The molecule has 2 aromatic rings. The number of nitrogens with zero attached hydrogens (tertiary/aromatic N) is 3. The van der Waals surface area contributed by atoms with Gasteiger partial charge >= 0.3 is 5.97 Å². The molecular weight excluding hydrogens is 365 g/mol. The number of hydrogen-bond donors (Lipinski definition) is 0. The molecule has 0 saturated heterocycles. The van der Waals surface area contributed by atoms with E-state index in [-0.39, 0.29) is 24.8 Å². The number of rotatable bonds is 3. The number of fused-ring (bicyclic) bond motifs is 1. The Hall–Kier alpha value is -2.05. The van der Waals surface area contributed by atoms with Crippen LogP contribution in [-0.4, -0.2) is 39.7 Å². The molecule has 1 aromatic heterocycles. The second-order valence-electron chi connectivity index (χ2n) is 5.72. The van der Waals surface area contributed by atoms with Gasteiger partial charge in [-0.05, 0) is 25.1 Å². The highest BCUT2D eigenvalue weighted by Crippen LogP contribution is 2.27. The van der Waals surface area contributed by atoms with Crippen molar-refractivity contribution in [3.63, 3.8) is 0 Å². The molecule has 0 spiro atoms. The van der Waals surface area contributed by atoms with E-state index in [1.807, 2.05) is 0 Å². The minimum atomic E-state index is -0.474. The molecule has 0 atom stereocenters. The molecule has 1 aromatic carbocycles. The average Bonchev–Trinajstić information content (AvgIpc) is 2.91. The van der Waals surface area contributed by atoms with Crippen molar-refractivity contribution in [1.29, 1.82) is 0 Å². The van der Waals surface area contributed by atoms with Gasteiger partial charge in [-0.1, -0.05) is 23.2 Å². The molecular formula is C17H17Cl2N3O3. The first-order valence-corrected chi connectivity index (χ1v) is 8.64. The van der Waals surface area contributed by atoms with E-state index in [0.717, 1.165) is 11.3 Å². The molecule has 25 heavy (non-hydrogen) atoms. The number of hydrogen-bond acceptors (Lipinski definition) is 4. The van der Waals surface area contributed by atoms with Crippen molar-refractivity contribution in [1.82, 2.24) is 14.7 Å². The molecule has 6 nitrogen and oxygen atoms in total. The van der Waals surface area contributed by atoms with E-state index in [1.54, 1.807) is 41.8 Å². The standard InChI is InChI=1S/C17H17Cl2N3O3/c1-3-25-17(24)15-12-9-22(7-6-14(12)21(2)20-15)16(23)11-5-4-10(18)8-13(11)19/h4-5,8H,3,6-7,9H2,1-2H3. The Balaban J connectivity index is 1.90. The summed E-state index contributed by atoms with van der Waals surface area (Å²) in [6, 6.07) is 4.78. The normalized spacial score (nSPS) is 13.5. The van der Waals surface area contributed by atoms with Gasteiger partial charge in [0.05, 0.1) is 23.7 Å². The highest BCUT2D eigenvalue weighted by molar-refractivity contribution is 6.36. The fraction of sp³-hybridized carbons (Fsp3) is 0.353. The fourth-order valence-corrected chi connectivity index (χ4v) is 3.45. The van der Waals surface area contributed by atoms with Crippen molar-refractivity contribution < 1.29 is 14.3 Å².